The largest absolute Gasteiger partial charge is 0.594 e. The molecule has 1 unspecified atom stereocenters. The van der Waals surface area contributed by atoms with Gasteiger partial charge < -0.3 is 14.7 Å². The van der Waals surface area contributed by atoms with Crippen LogP contribution in [0.1, 0.15) is 17.3 Å². The highest BCUT2D eigenvalue weighted by Crippen LogP contribution is 2.23. The van der Waals surface area contributed by atoms with E-state index in [1.165, 1.54) is 12.1 Å². The molecule has 1 atom stereocenters. The summed E-state index contributed by atoms with van der Waals surface area (Å²) in [6, 6.07) is 6.08. The van der Waals surface area contributed by atoms with Gasteiger partial charge in [-0.2, -0.15) is 5.23 Å². The van der Waals surface area contributed by atoms with Crippen LogP contribution in [0.15, 0.2) is 30.5 Å². The van der Waals surface area contributed by atoms with Crippen LogP contribution < -0.4 is 15.3 Å². The number of anilines is 1. The topological polar surface area (TPSA) is 125 Å². The lowest BCUT2D eigenvalue weighted by atomic mass is 10.2. The van der Waals surface area contributed by atoms with Crippen LogP contribution in [0.5, 0.6) is 5.75 Å². The fourth-order valence-electron chi connectivity index (χ4n) is 1.58. The zero-order chi connectivity index (χ0) is 16.8. The quantitative estimate of drug-likeness (QED) is 0.426. The summed E-state index contributed by atoms with van der Waals surface area (Å²) in [6.45, 7) is 1.77. The summed E-state index contributed by atoms with van der Waals surface area (Å²) in [5.41, 5.74) is 0.0904. The van der Waals surface area contributed by atoms with Crippen molar-refractivity contribution in [1.82, 2.24) is 4.98 Å². The van der Waals surface area contributed by atoms with Crippen LogP contribution in [0.2, 0.25) is 0 Å². The van der Waals surface area contributed by atoms with Gasteiger partial charge in [0.05, 0.1) is 12.2 Å². The third-order valence-corrected chi connectivity index (χ3v) is 3.42. The van der Waals surface area contributed by atoms with Crippen LogP contribution in [0.25, 0.3) is 0 Å². The first-order chi connectivity index (χ1) is 11.0. The van der Waals surface area contributed by atoms with Gasteiger partial charge in [-0.25, -0.2) is 15.0 Å². The van der Waals surface area contributed by atoms with E-state index in [-0.39, 0.29) is 28.1 Å². The standard InChI is InChI=1S/C13H13N3O6S/c1-2-21-13(18)22-9-6-4-3-5-8(9)11(17)15-12-14-7-10(23-12)16(19)20/h3-7,16,19H,2H2,1H3,(H,14,15,17). The third kappa shape index (κ3) is 4.47. The third-order valence-electron chi connectivity index (χ3n) is 2.52. The lowest BCUT2D eigenvalue weighted by Crippen LogP contribution is -2.98. The number of benzene rings is 1. The minimum atomic E-state index is -1.13. The molecule has 0 radical (unpaired) electrons. The number of nitrogens with one attached hydrogen (secondary N) is 2. The number of amides is 1. The first kappa shape index (κ1) is 16.8. The number of carbonyl (C=O) groups is 2. The highest BCUT2D eigenvalue weighted by molar-refractivity contribution is 7.18. The molecule has 0 saturated heterocycles. The van der Waals surface area contributed by atoms with E-state index < -0.39 is 17.3 Å². The average Bonchev–Trinajstić information content (AvgIpc) is 2.96. The van der Waals surface area contributed by atoms with Crippen molar-refractivity contribution in [1.29, 1.82) is 0 Å². The Labute approximate surface area is 134 Å². The number of hydrogen-bond acceptors (Lipinski definition) is 8. The number of thiazole rings is 1. The van der Waals surface area contributed by atoms with Crippen molar-refractivity contribution in [2.24, 2.45) is 0 Å². The maximum atomic E-state index is 12.2. The molecule has 2 rings (SSSR count). The maximum absolute atomic E-state index is 12.2. The monoisotopic (exact) mass is 339 g/mol. The van der Waals surface area contributed by atoms with Gasteiger partial charge in [0.25, 0.3) is 5.91 Å². The molecule has 3 N–H and O–H groups in total. The Kier molecular flexibility index (Phi) is 5.60. The fourth-order valence-corrected chi connectivity index (χ4v) is 2.23. The summed E-state index contributed by atoms with van der Waals surface area (Å²) >= 11 is 0.817. The van der Waals surface area contributed by atoms with Crippen molar-refractivity contribution in [3.05, 3.63) is 41.2 Å². The Morgan fingerprint density at radius 1 is 1.43 bits per heavy atom. The fraction of sp³-hybridized carbons (Fsp3) is 0.154. The molecule has 0 aliphatic carbocycles. The molecule has 23 heavy (non-hydrogen) atoms. The zero-order valence-electron chi connectivity index (χ0n) is 11.9. The highest BCUT2D eigenvalue weighted by atomic mass is 32.1. The Hall–Kier alpha value is -2.53. The number of ether oxygens (including phenoxy) is 2. The van der Waals surface area contributed by atoms with Gasteiger partial charge in [0, 0.05) is 0 Å². The van der Waals surface area contributed by atoms with Gasteiger partial charge in [0.2, 0.25) is 5.00 Å². The lowest BCUT2D eigenvalue weighted by Gasteiger charge is -2.09. The molecular formula is C13H13N3O6S. The molecule has 1 heterocycles. The molecule has 1 amide bonds. The van der Waals surface area contributed by atoms with Crippen molar-refractivity contribution in [2.75, 3.05) is 11.9 Å². The normalized spacial score (nSPS) is 11.6. The SMILES string of the molecule is CCOC(=O)Oc1ccccc1C(=O)Nc1ncc([NH+]([O-])O)s1. The second-order valence-corrected chi connectivity index (χ2v) is 5.10. The van der Waals surface area contributed by atoms with Crippen molar-refractivity contribution in [3.8, 4) is 5.75 Å². The van der Waals surface area contributed by atoms with Gasteiger partial charge >= 0.3 is 6.16 Å². The number of aromatic nitrogens is 1. The predicted octanol–water partition coefficient (Wildman–Crippen LogP) is 1.33. The maximum Gasteiger partial charge on any atom is 0.513 e. The van der Waals surface area contributed by atoms with Crippen LogP contribution in [-0.4, -0.2) is 28.9 Å². The number of rotatable bonds is 5. The Morgan fingerprint density at radius 3 is 2.83 bits per heavy atom. The average molecular weight is 339 g/mol. The van der Waals surface area contributed by atoms with Crippen molar-refractivity contribution in [3.63, 3.8) is 0 Å². The summed E-state index contributed by atoms with van der Waals surface area (Å²) in [6.07, 6.45) is 0.221. The molecule has 1 aromatic heterocycles. The smallest absolute Gasteiger partial charge is 0.513 e. The number of carbonyl (C=O) groups excluding carboxylic acids is 2. The first-order valence-electron chi connectivity index (χ1n) is 6.45. The van der Waals surface area contributed by atoms with Crippen molar-refractivity contribution in [2.45, 2.75) is 6.92 Å². The molecule has 0 saturated carbocycles. The summed E-state index contributed by atoms with van der Waals surface area (Å²) in [7, 11) is 0. The van der Waals surface area contributed by atoms with E-state index in [1.54, 1.807) is 19.1 Å². The molecule has 2 aromatic rings. The summed E-state index contributed by atoms with van der Waals surface area (Å²) in [4.78, 5) is 27.4. The van der Waals surface area contributed by atoms with E-state index in [0.717, 1.165) is 17.5 Å². The molecule has 10 heteroatoms. The molecule has 0 aliphatic heterocycles. The second kappa shape index (κ2) is 7.65. The van der Waals surface area contributed by atoms with E-state index in [2.05, 4.69) is 15.0 Å². The van der Waals surface area contributed by atoms with Gasteiger partial charge in [-0.05, 0) is 30.4 Å². The first-order valence-corrected chi connectivity index (χ1v) is 7.27. The van der Waals surface area contributed by atoms with E-state index in [4.69, 9.17) is 9.94 Å². The van der Waals surface area contributed by atoms with Gasteiger partial charge in [-0.3, -0.25) is 10.1 Å². The van der Waals surface area contributed by atoms with Gasteiger partial charge in [0.1, 0.15) is 11.9 Å². The van der Waals surface area contributed by atoms with Crippen LogP contribution in [0.4, 0.5) is 14.9 Å². The van der Waals surface area contributed by atoms with Crippen molar-refractivity contribution < 1.29 is 29.5 Å². The van der Waals surface area contributed by atoms with Crippen LogP contribution in [0, 0.1) is 5.21 Å². The van der Waals surface area contributed by atoms with E-state index in [9.17, 15) is 14.8 Å². The predicted molar refractivity (Wildman–Crippen MR) is 79.9 cm³/mol. The van der Waals surface area contributed by atoms with Gasteiger partial charge in [-0.1, -0.05) is 12.1 Å². The molecule has 0 spiro atoms. The Bertz CT molecular complexity index is 703. The highest BCUT2D eigenvalue weighted by Gasteiger charge is 2.17. The molecular weight excluding hydrogens is 326 g/mol. The second-order valence-electron chi connectivity index (χ2n) is 4.07. The molecule has 0 bridgehead atoms. The minimum Gasteiger partial charge on any atom is -0.594 e. The van der Waals surface area contributed by atoms with Crippen LogP contribution in [0.3, 0.4) is 0 Å². The molecule has 0 fully saturated rings. The summed E-state index contributed by atoms with van der Waals surface area (Å²) in [5.74, 6) is -0.561. The minimum absolute atomic E-state index is 0.00337. The number of quaternary nitrogens is 1. The van der Waals surface area contributed by atoms with Crippen LogP contribution >= 0.6 is 11.3 Å². The number of para-hydroxylation sites is 1. The van der Waals surface area contributed by atoms with Gasteiger partial charge in [-0.15, -0.1) is 0 Å². The van der Waals surface area contributed by atoms with E-state index in [1.807, 2.05) is 0 Å². The molecule has 9 nitrogen and oxygen atoms in total. The van der Waals surface area contributed by atoms with Gasteiger partial charge in [0.15, 0.2) is 5.13 Å². The van der Waals surface area contributed by atoms with E-state index in [0.29, 0.717) is 0 Å². The molecule has 0 aliphatic rings. The number of hydrogen-bond donors (Lipinski definition) is 3. The van der Waals surface area contributed by atoms with Crippen molar-refractivity contribution >= 4 is 33.5 Å². The summed E-state index contributed by atoms with van der Waals surface area (Å²) in [5, 5.41) is 21.1. The zero-order valence-corrected chi connectivity index (χ0v) is 12.8. The number of nitrogens with zero attached hydrogens (tertiary/aromatic N) is 1. The Morgan fingerprint density at radius 2 is 2.17 bits per heavy atom. The summed E-state index contributed by atoms with van der Waals surface area (Å²) < 4.78 is 9.62. The lowest BCUT2D eigenvalue weighted by molar-refractivity contribution is -0.989. The molecule has 1 aromatic carbocycles. The van der Waals surface area contributed by atoms with E-state index >= 15 is 0 Å². The Balaban J connectivity index is 2.13. The van der Waals surface area contributed by atoms with Crippen LogP contribution in [-0.2, 0) is 4.74 Å². The molecule has 122 valence electrons.